The molecule has 2 N–H and O–H groups in total. The van der Waals surface area contributed by atoms with Gasteiger partial charge in [0.25, 0.3) is 0 Å². The third-order valence-corrected chi connectivity index (χ3v) is 5.49. The predicted octanol–water partition coefficient (Wildman–Crippen LogP) is 2.96. The molecule has 0 saturated heterocycles. The highest BCUT2D eigenvalue weighted by Crippen LogP contribution is 2.44. The van der Waals surface area contributed by atoms with E-state index in [0.717, 1.165) is 50.7 Å². The molecule has 0 bridgehead atoms. The van der Waals surface area contributed by atoms with Crippen molar-refractivity contribution in [2.24, 2.45) is 17.5 Å². The highest BCUT2D eigenvalue weighted by atomic mass is 127. The maximum absolute atomic E-state index is 5.28. The zero-order valence-corrected chi connectivity index (χ0v) is 19.4. The number of methoxy groups -OCH3 is 1. The average molecular weight is 477 g/mol. The fourth-order valence-corrected chi connectivity index (χ4v) is 3.56. The second kappa shape index (κ2) is 11.1. The second-order valence-corrected chi connectivity index (χ2v) is 7.24. The van der Waals surface area contributed by atoms with Crippen molar-refractivity contribution in [2.75, 3.05) is 33.4 Å². The van der Waals surface area contributed by atoms with Crippen LogP contribution in [0.2, 0.25) is 0 Å². The van der Waals surface area contributed by atoms with Crippen LogP contribution in [0.25, 0.3) is 0 Å². The minimum Gasteiger partial charge on any atom is -0.385 e. The Balaban J connectivity index is 0.00000338. The standard InChI is InChI=1S/C19H35N5O.HI/c1-6-20-18(22-14-19(9-7-10-19)11-13-25-5)21-12-8-17-15(2)23-24(4)16(17)3;/h6-14H2,1-5H3,(H2,20,21,22);1H. The molecule has 0 spiro atoms. The SMILES string of the molecule is CCNC(=NCC1(CCOC)CCC1)NCCc1c(C)nn(C)c1C.I. The van der Waals surface area contributed by atoms with E-state index in [-0.39, 0.29) is 24.0 Å². The Morgan fingerprint density at radius 1 is 1.31 bits per heavy atom. The van der Waals surface area contributed by atoms with Crippen LogP contribution in [0.5, 0.6) is 0 Å². The van der Waals surface area contributed by atoms with E-state index in [0.29, 0.717) is 5.41 Å². The van der Waals surface area contributed by atoms with Crippen molar-refractivity contribution in [3.05, 3.63) is 17.0 Å². The highest BCUT2D eigenvalue weighted by Gasteiger charge is 2.36. The van der Waals surface area contributed by atoms with E-state index in [2.05, 4.69) is 36.5 Å². The van der Waals surface area contributed by atoms with E-state index >= 15 is 0 Å². The largest absolute Gasteiger partial charge is 0.385 e. The predicted molar refractivity (Wildman–Crippen MR) is 119 cm³/mol. The van der Waals surface area contributed by atoms with Gasteiger partial charge in [0.05, 0.1) is 5.69 Å². The molecule has 26 heavy (non-hydrogen) atoms. The molecule has 150 valence electrons. The van der Waals surface area contributed by atoms with E-state index in [4.69, 9.17) is 9.73 Å². The topological polar surface area (TPSA) is 63.5 Å². The summed E-state index contributed by atoms with van der Waals surface area (Å²) in [6.45, 7) is 9.78. The molecule has 1 aliphatic rings. The average Bonchev–Trinajstić information content (AvgIpc) is 2.79. The van der Waals surface area contributed by atoms with Crippen molar-refractivity contribution in [1.29, 1.82) is 0 Å². The summed E-state index contributed by atoms with van der Waals surface area (Å²) in [6.07, 6.45) is 5.94. The molecular formula is C19H36IN5O. The van der Waals surface area contributed by atoms with Gasteiger partial charge in [-0.2, -0.15) is 5.10 Å². The molecule has 6 nitrogen and oxygen atoms in total. The number of hydrogen-bond donors (Lipinski definition) is 2. The van der Waals surface area contributed by atoms with Gasteiger partial charge in [0.15, 0.2) is 5.96 Å². The number of rotatable bonds is 9. The first-order valence-corrected chi connectivity index (χ1v) is 9.51. The zero-order valence-electron chi connectivity index (χ0n) is 17.0. The first-order valence-electron chi connectivity index (χ1n) is 9.51. The Morgan fingerprint density at radius 3 is 2.54 bits per heavy atom. The van der Waals surface area contributed by atoms with Gasteiger partial charge in [-0.1, -0.05) is 6.42 Å². The quantitative estimate of drug-likeness (QED) is 0.326. The van der Waals surface area contributed by atoms with Crippen molar-refractivity contribution >= 4 is 29.9 Å². The Kier molecular flexibility index (Phi) is 9.92. The lowest BCUT2D eigenvalue weighted by atomic mass is 9.67. The van der Waals surface area contributed by atoms with Crippen molar-refractivity contribution in [2.45, 2.75) is 52.9 Å². The lowest BCUT2D eigenvalue weighted by Crippen LogP contribution is -2.41. The molecule has 7 heteroatoms. The molecule has 1 aliphatic carbocycles. The molecule has 0 atom stereocenters. The van der Waals surface area contributed by atoms with Crippen molar-refractivity contribution in [3.8, 4) is 0 Å². The van der Waals surface area contributed by atoms with Crippen LogP contribution in [0.3, 0.4) is 0 Å². The molecule has 1 fully saturated rings. The van der Waals surface area contributed by atoms with Gasteiger partial charge >= 0.3 is 0 Å². The monoisotopic (exact) mass is 477 g/mol. The van der Waals surface area contributed by atoms with Gasteiger partial charge in [0.2, 0.25) is 0 Å². The van der Waals surface area contributed by atoms with Gasteiger partial charge < -0.3 is 15.4 Å². The zero-order chi connectivity index (χ0) is 18.3. The van der Waals surface area contributed by atoms with Crippen LogP contribution in [-0.2, 0) is 18.2 Å². The Morgan fingerprint density at radius 2 is 2.04 bits per heavy atom. The van der Waals surface area contributed by atoms with E-state index in [1.165, 1.54) is 30.5 Å². The molecule has 1 saturated carbocycles. The molecule has 0 amide bonds. The van der Waals surface area contributed by atoms with Crippen LogP contribution in [0.1, 0.15) is 49.6 Å². The summed E-state index contributed by atoms with van der Waals surface area (Å²) < 4.78 is 7.24. The lowest BCUT2D eigenvalue weighted by Gasteiger charge is -2.40. The molecule has 0 unspecified atom stereocenters. The molecule has 2 rings (SSSR count). The number of hydrogen-bond acceptors (Lipinski definition) is 3. The first kappa shape index (κ1) is 23.2. The van der Waals surface area contributed by atoms with Gasteiger partial charge in [-0.15, -0.1) is 24.0 Å². The Bertz CT molecular complexity index is 581. The van der Waals surface area contributed by atoms with Crippen LogP contribution < -0.4 is 10.6 Å². The molecular weight excluding hydrogens is 441 g/mol. The van der Waals surface area contributed by atoms with Crippen molar-refractivity contribution in [1.82, 2.24) is 20.4 Å². The number of aryl methyl sites for hydroxylation is 2. The molecule has 1 aromatic heterocycles. The molecule has 0 radical (unpaired) electrons. The van der Waals surface area contributed by atoms with Crippen LogP contribution in [-0.4, -0.2) is 49.1 Å². The summed E-state index contributed by atoms with van der Waals surface area (Å²) >= 11 is 0. The van der Waals surface area contributed by atoms with Crippen LogP contribution in [0, 0.1) is 19.3 Å². The number of ether oxygens (including phenoxy) is 1. The number of halogens is 1. The maximum Gasteiger partial charge on any atom is 0.191 e. The van der Waals surface area contributed by atoms with E-state index < -0.39 is 0 Å². The Labute approximate surface area is 175 Å². The Hall–Kier alpha value is -0.830. The summed E-state index contributed by atoms with van der Waals surface area (Å²) in [4.78, 5) is 4.86. The summed E-state index contributed by atoms with van der Waals surface area (Å²) in [5, 5.41) is 11.3. The van der Waals surface area contributed by atoms with Crippen molar-refractivity contribution < 1.29 is 4.74 Å². The third-order valence-electron chi connectivity index (χ3n) is 5.49. The number of aromatic nitrogens is 2. The summed E-state index contributed by atoms with van der Waals surface area (Å²) in [5.74, 6) is 0.922. The summed E-state index contributed by atoms with van der Waals surface area (Å²) in [5.41, 5.74) is 4.06. The molecule has 1 aromatic rings. The second-order valence-electron chi connectivity index (χ2n) is 7.24. The molecule has 0 aromatic carbocycles. The van der Waals surface area contributed by atoms with Gasteiger partial charge in [0.1, 0.15) is 0 Å². The van der Waals surface area contributed by atoms with E-state index in [1.54, 1.807) is 7.11 Å². The van der Waals surface area contributed by atoms with E-state index in [9.17, 15) is 0 Å². The van der Waals surface area contributed by atoms with Crippen LogP contribution >= 0.6 is 24.0 Å². The van der Waals surface area contributed by atoms with E-state index in [1.807, 2.05) is 11.7 Å². The number of aliphatic imine (C=N–C) groups is 1. The molecule has 0 aliphatic heterocycles. The number of nitrogens with one attached hydrogen (secondary N) is 2. The molecule has 1 heterocycles. The van der Waals surface area contributed by atoms with Crippen LogP contribution in [0.4, 0.5) is 0 Å². The fourth-order valence-electron chi connectivity index (χ4n) is 3.56. The van der Waals surface area contributed by atoms with Gasteiger partial charge in [-0.3, -0.25) is 9.67 Å². The number of nitrogens with zero attached hydrogens (tertiary/aromatic N) is 3. The van der Waals surface area contributed by atoms with Gasteiger partial charge in [-0.05, 0) is 57.4 Å². The smallest absolute Gasteiger partial charge is 0.191 e. The lowest BCUT2D eigenvalue weighted by molar-refractivity contribution is 0.0778. The summed E-state index contributed by atoms with van der Waals surface area (Å²) in [7, 11) is 3.78. The van der Waals surface area contributed by atoms with Crippen molar-refractivity contribution in [3.63, 3.8) is 0 Å². The fraction of sp³-hybridized carbons (Fsp3) is 0.789. The third kappa shape index (κ3) is 6.11. The summed E-state index contributed by atoms with van der Waals surface area (Å²) in [6, 6.07) is 0. The van der Waals surface area contributed by atoms with Gasteiger partial charge in [0, 0.05) is 46.1 Å². The number of guanidine groups is 1. The van der Waals surface area contributed by atoms with Gasteiger partial charge in [-0.25, -0.2) is 0 Å². The maximum atomic E-state index is 5.28. The minimum atomic E-state index is 0. The normalized spacial score (nSPS) is 16.0. The highest BCUT2D eigenvalue weighted by molar-refractivity contribution is 14.0. The first-order chi connectivity index (χ1) is 12.0. The van der Waals surface area contributed by atoms with Crippen LogP contribution in [0.15, 0.2) is 4.99 Å². The minimum absolute atomic E-state index is 0.